The first-order valence-corrected chi connectivity index (χ1v) is 6.75. The second-order valence-corrected chi connectivity index (χ2v) is 5.15. The molecule has 0 aliphatic rings. The molecule has 0 aliphatic heterocycles. The number of amides is 1. The molecule has 1 amide bonds. The Balaban J connectivity index is 2.48. The van der Waals surface area contributed by atoms with Gasteiger partial charge in [0.2, 0.25) is 5.88 Å². The third-order valence-corrected chi connectivity index (χ3v) is 2.44. The minimum atomic E-state index is -4.42. The zero-order valence-electron chi connectivity index (χ0n) is 12.6. The number of rotatable bonds is 7. The Hall–Kier alpha value is -1.83. The summed E-state index contributed by atoms with van der Waals surface area (Å²) in [4.78, 5) is 15.5. The number of hydrogen-bond acceptors (Lipinski definition) is 4. The third-order valence-electron chi connectivity index (χ3n) is 2.44. The van der Waals surface area contributed by atoms with Crippen LogP contribution in [0.15, 0.2) is 18.3 Å². The van der Waals surface area contributed by atoms with Crippen LogP contribution in [-0.4, -0.2) is 36.4 Å². The number of carbonyl (C=O) groups is 1. The lowest BCUT2D eigenvalue weighted by molar-refractivity contribution is -0.154. The summed E-state index contributed by atoms with van der Waals surface area (Å²) in [5.41, 5.74) is 0.351. The van der Waals surface area contributed by atoms with Gasteiger partial charge in [-0.3, -0.25) is 4.79 Å². The van der Waals surface area contributed by atoms with E-state index in [1.54, 1.807) is 6.92 Å². The van der Waals surface area contributed by atoms with Crippen LogP contribution < -0.4 is 10.1 Å². The van der Waals surface area contributed by atoms with Gasteiger partial charge in [-0.25, -0.2) is 4.98 Å². The minimum Gasteiger partial charge on any atom is -0.468 e. The highest BCUT2D eigenvalue weighted by atomic mass is 19.4. The number of anilines is 1. The van der Waals surface area contributed by atoms with E-state index >= 15 is 0 Å². The van der Waals surface area contributed by atoms with Crippen LogP contribution in [-0.2, 0) is 9.53 Å². The van der Waals surface area contributed by atoms with Crippen LogP contribution in [0.1, 0.15) is 20.8 Å². The van der Waals surface area contributed by atoms with E-state index in [2.05, 4.69) is 15.0 Å². The van der Waals surface area contributed by atoms with E-state index in [9.17, 15) is 18.0 Å². The van der Waals surface area contributed by atoms with Gasteiger partial charge in [0, 0.05) is 12.7 Å². The average molecular weight is 320 g/mol. The van der Waals surface area contributed by atoms with Crippen LogP contribution in [0, 0.1) is 5.92 Å². The van der Waals surface area contributed by atoms with Crippen LogP contribution in [0.3, 0.4) is 0 Å². The summed E-state index contributed by atoms with van der Waals surface area (Å²) >= 11 is 0. The maximum atomic E-state index is 12.0. The van der Waals surface area contributed by atoms with Crippen molar-refractivity contribution in [2.24, 2.45) is 5.92 Å². The molecule has 0 bridgehead atoms. The zero-order chi connectivity index (χ0) is 16.8. The maximum Gasteiger partial charge on any atom is 0.422 e. The lowest BCUT2D eigenvalue weighted by Gasteiger charge is -2.15. The van der Waals surface area contributed by atoms with E-state index in [1.807, 2.05) is 13.8 Å². The fourth-order valence-electron chi connectivity index (χ4n) is 1.35. The summed E-state index contributed by atoms with van der Waals surface area (Å²) in [6.07, 6.45) is -3.83. The van der Waals surface area contributed by atoms with Gasteiger partial charge in [-0.05, 0) is 18.9 Å². The van der Waals surface area contributed by atoms with Crippen molar-refractivity contribution in [3.05, 3.63) is 18.3 Å². The van der Waals surface area contributed by atoms with Crippen molar-refractivity contribution in [3.63, 3.8) is 0 Å². The second-order valence-electron chi connectivity index (χ2n) is 5.15. The van der Waals surface area contributed by atoms with E-state index < -0.39 is 18.9 Å². The number of nitrogens with one attached hydrogen (secondary N) is 1. The third kappa shape index (κ3) is 7.26. The van der Waals surface area contributed by atoms with Crippen LogP contribution in [0.5, 0.6) is 5.88 Å². The molecule has 0 spiro atoms. The number of ether oxygens (including phenoxy) is 2. The molecule has 1 aromatic rings. The van der Waals surface area contributed by atoms with Gasteiger partial charge in [0.05, 0.1) is 11.9 Å². The first-order chi connectivity index (χ1) is 10.2. The molecule has 1 rings (SSSR count). The lowest BCUT2D eigenvalue weighted by Crippen LogP contribution is -2.29. The molecule has 1 heterocycles. The zero-order valence-corrected chi connectivity index (χ0v) is 12.6. The van der Waals surface area contributed by atoms with Crippen molar-refractivity contribution in [1.82, 2.24) is 4.98 Å². The molecule has 0 fully saturated rings. The van der Waals surface area contributed by atoms with Crippen molar-refractivity contribution in [3.8, 4) is 5.88 Å². The number of alkyl halides is 3. The standard InChI is InChI=1S/C14H19F3N2O3/c1-9(2)7-21-10(3)13(20)19-11-4-5-12(18-6-11)22-8-14(15,16)17/h4-6,9-10H,7-8H2,1-3H3,(H,19,20)/t10-/m1/s1. The summed E-state index contributed by atoms with van der Waals surface area (Å²) in [5.74, 6) is -0.215. The summed E-state index contributed by atoms with van der Waals surface area (Å²) in [6, 6.07) is 2.66. The predicted molar refractivity (Wildman–Crippen MR) is 74.7 cm³/mol. The first kappa shape index (κ1) is 18.2. The van der Waals surface area contributed by atoms with E-state index in [1.165, 1.54) is 18.3 Å². The molecule has 22 heavy (non-hydrogen) atoms. The molecule has 0 aromatic carbocycles. The first-order valence-electron chi connectivity index (χ1n) is 6.75. The van der Waals surface area contributed by atoms with Crippen LogP contribution in [0.2, 0.25) is 0 Å². The largest absolute Gasteiger partial charge is 0.468 e. The molecule has 1 aromatic heterocycles. The summed E-state index contributed by atoms with van der Waals surface area (Å²) < 4.78 is 45.8. The molecule has 1 atom stereocenters. The fourth-order valence-corrected chi connectivity index (χ4v) is 1.35. The highest BCUT2D eigenvalue weighted by molar-refractivity contribution is 5.93. The van der Waals surface area contributed by atoms with E-state index in [-0.39, 0.29) is 11.8 Å². The van der Waals surface area contributed by atoms with E-state index in [0.717, 1.165) is 0 Å². The molecular weight excluding hydrogens is 301 g/mol. The van der Waals surface area contributed by atoms with Gasteiger partial charge < -0.3 is 14.8 Å². The van der Waals surface area contributed by atoms with Gasteiger partial charge in [-0.2, -0.15) is 13.2 Å². The normalized spacial score (nSPS) is 13.0. The van der Waals surface area contributed by atoms with Gasteiger partial charge in [0.25, 0.3) is 5.91 Å². The van der Waals surface area contributed by atoms with E-state index in [0.29, 0.717) is 18.2 Å². The van der Waals surface area contributed by atoms with Gasteiger partial charge >= 0.3 is 6.18 Å². The number of carbonyl (C=O) groups excluding carboxylic acids is 1. The van der Waals surface area contributed by atoms with Gasteiger partial charge in [-0.1, -0.05) is 13.8 Å². The number of aromatic nitrogens is 1. The van der Waals surface area contributed by atoms with E-state index in [4.69, 9.17) is 4.74 Å². The Morgan fingerprint density at radius 1 is 1.32 bits per heavy atom. The van der Waals surface area contributed by atoms with Crippen LogP contribution >= 0.6 is 0 Å². The Morgan fingerprint density at radius 3 is 2.50 bits per heavy atom. The average Bonchev–Trinajstić information content (AvgIpc) is 2.43. The molecule has 1 N–H and O–H groups in total. The highest BCUT2D eigenvalue weighted by Gasteiger charge is 2.28. The van der Waals surface area contributed by atoms with Crippen molar-refractivity contribution in [2.75, 3.05) is 18.5 Å². The molecule has 5 nitrogen and oxygen atoms in total. The Morgan fingerprint density at radius 2 is 2.00 bits per heavy atom. The number of halogens is 3. The Labute approximate surface area is 126 Å². The van der Waals surface area contributed by atoms with Crippen molar-refractivity contribution < 1.29 is 27.4 Å². The Kier molecular flexibility index (Phi) is 6.61. The molecule has 124 valence electrons. The molecule has 0 radical (unpaired) electrons. The number of nitrogens with zero attached hydrogens (tertiary/aromatic N) is 1. The lowest BCUT2D eigenvalue weighted by atomic mass is 10.2. The monoisotopic (exact) mass is 320 g/mol. The molecule has 0 aliphatic carbocycles. The second kappa shape index (κ2) is 7.98. The van der Waals surface area contributed by atoms with Gasteiger partial charge in [0.15, 0.2) is 6.61 Å². The minimum absolute atomic E-state index is 0.167. The molecular formula is C14H19F3N2O3. The topological polar surface area (TPSA) is 60.5 Å². The van der Waals surface area contributed by atoms with Crippen molar-refractivity contribution in [2.45, 2.75) is 33.1 Å². The maximum absolute atomic E-state index is 12.0. The summed E-state index contributed by atoms with van der Waals surface area (Å²) in [5, 5.41) is 2.56. The quantitative estimate of drug-likeness (QED) is 0.839. The Bertz CT molecular complexity index is 475. The van der Waals surface area contributed by atoms with Gasteiger partial charge in [0.1, 0.15) is 6.10 Å². The molecule has 0 saturated carbocycles. The predicted octanol–water partition coefficient (Wildman–Crippen LogP) is 3.02. The number of pyridine rings is 1. The highest BCUT2D eigenvalue weighted by Crippen LogP contribution is 2.18. The summed E-state index contributed by atoms with van der Waals surface area (Å²) in [7, 11) is 0. The number of hydrogen-bond donors (Lipinski definition) is 1. The smallest absolute Gasteiger partial charge is 0.422 e. The van der Waals surface area contributed by atoms with Crippen molar-refractivity contribution in [1.29, 1.82) is 0 Å². The molecule has 8 heteroatoms. The van der Waals surface area contributed by atoms with Crippen molar-refractivity contribution >= 4 is 11.6 Å². The molecule has 0 saturated heterocycles. The fraction of sp³-hybridized carbons (Fsp3) is 0.571. The summed E-state index contributed by atoms with van der Waals surface area (Å²) in [6.45, 7) is 4.59. The van der Waals surface area contributed by atoms with Crippen LogP contribution in [0.25, 0.3) is 0 Å². The molecule has 0 unspecified atom stereocenters. The van der Waals surface area contributed by atoms with Gasteiger partial charge in [-0.15, -0.1) is 0 Å². The van der Waals surface area contributed by atoms with Crippen LogP contribution in [0.4, 0.5) is 18.9 Å². The SMILES string of the molecule is CC(C)CO[C@H](C)C(=O)Nc1ccc(OCC(F)(F)F)nc1.